The molecule has 0 aromatic rings. The van der Waals surface area contributed by atoms with Crippen LogP contribution >= 0.6 is 0 Å². The summed E-state index contributed by atoms with van der Waals surface area (Å²) in [6.07, 6.45) is 6.14. The maximum absolute atomic E-state index is 12.3. The van der Waals surface area contributed by atoms with E-state index in [-0.39, 0.29) is 12.1 Å². The SMILES string of the molecule is C=C(/C=C\N=N/C)[C@H]1CCCCN1C(=O)OC(C)(C)C. The van der Waals surface area contributed by atoms with Crippen LogP contribution in [0.1, 0.15) is 40.0 Å². The quantitative estimate of drug-likeness (QED) is 0.580. The van der Waals surface area contributed by atoms with Crippen molar-refractivity contribution in [3.8, 4) is 0 Å². The van der Waals surface area contributed by atoms with Crippen LogP contribution in [0.15, 0.2) is 34.7 Å². The molecule has 1 rings (SSSR count). The molecule has 0 aromatic heterocycles. The van der Waals surface area contributed by atoms with E-state index in [1.54, 1.807) is 24.2 Å². The Hall–Kier alpha value is -1.65. The Labute approximate surface area is 121 Å². The van der Waals surface area contributed by atoms with Gasteiger partial charge in [0.2, 0.25) is 0 Å². The molecular weight excluding hydrogens is 254 g/mol. The third kappa shape index (κ3) is 5.15. The van der Waals surface area contributed by atoms with Crippen LogP contribution in [-0.2, 0) is 4.74 Å². The maximum atomic E-state index is 12.3. The first-order valence-electron chi connectivity index (χ1n) is 6.99. The zero-order valence-electron chi connectivity index (χ0n) is 12.9. The molecule has 1 heterocycles. The molecule has 20 heavy (non-hydrogen) atoms. The summed E-state index contributed by atoms with van der Waals surface area (Å²) in [5, 5.41) is 7.43. The van der Waals surface area contributed by atoms with E-state index in [1.165, 1.54) is 0 Å². The third-order valence-electron chi connectivity index (χ3n) is 3.03. The largest absolute Gasteiger partial charge is 0.444 e. The monoisotopic (exact) mass is 279 g/mol. The fourth-order valence-electron chi connectivity index (χ4n) is 2.16. The van der Waals surface area contributed by atoms with Crippen LogP contribution in [0, 0.1) is 0 Å². The Morgan fingerprint density at radius 3 is 2.70 bits per heavy atom. The molecule has 1 fully saturated rings. The maximum Gasteiger partial charge on any atom is 0.410 e. The van der Waals surface area contributed by atoms with E-state index in [9.17, 15) is 4.79 Å². The summed E-state index contributed by atoms with van der Waals surface area (Å²) in [6.45, 7) is 10.4. The van der Waals surface area contributed by atoms with Crippen molar-refractivity contribution in [2.45, 2.75) is 51.7 Å². The molecule has 1 amide bonds. The van der Waals surface area contributed by atoms with Gasteiger partial charge in [0.15, 0.2) is 0 Å². The van der Waals surface area contributed by atoms with E-state index >= 15 is 0 Å². The summed E-state index contributed by atoms with van der Waals surface area (Å²) in [6, 6.07) is -0.0121. The average Bonchev–Trinajstić information content (AvgIpc) is 2.37. The van der Waals surface area contributed by atoms with Crippen molar-refractivity contribution in [3.63, 3.8) is 0 Å². The highest BCUT2D eigenvalue weighted by Crippen LogP contribution is 2.25. The lowest BCUT2D eigenvalue weighted by atomic mass is 9.96. The number of carbonyl (C=O) groups is 1. The molecule has 0 N–H and O–H groups in total. The van der Waals surface area contributed by atoms with Gasteiger partial charge in [-0.1, -0.05) is 6.58 Å². The lowest BCUT2D eigenvalue weighted by Gasteiger charge is -2.37. The van der Waals surface area contributed by atoms with Gasteiger partial charge in [0.05, 0.1) is 6.04 Å². The summed E-state index contributed by atoms with van der Waals surface area (Å²) >= 11 is 0. The van der Waals surface area contributed by atoms with Gasteiger partial charge in [-0.15, -0.1) is 0 Å². The van der Waals surface area contributed by atoms with Crippen LogP contribution in [0.5, 0.6) is 0 Å². The number of nitrogens with zero attached hydrogens (tertiary/aromatic N) is 3. The number of hydrogen-bond acceptors (Lipinski definition) is 4. The Balaban J connectivity index is 2.76. The molecule has 5 nitrogen and oxygen atoms in total. The van der Waals surface area contributed by atoms with Gasteiger partial charge in [-0.2, -0.15) is 10.2 Å². The summed E-state index contributed by atoms with van der Waals surface area (Å²) in [7, 11) is 1.61. The van der Waals surface area contributed by atoms with Gasteiger partial charge in [0.25, 0.3) is 0 Å². The van der Waals surface area contributed by atoms with Crippen LogP contribution in [0.25, 0.3) is 0 Å². The van der Waals surface area contributed by atoms with Crippen LogP contribution in [0.3, 0.4) is 0 Å². The predicted molar refractivity (Wildman–Crippen MR) is 79.6 cm³/mol. The number of piperidine rings is 1. The van der Waals surface area contributed by atoms with Crippen LogP contribution in [0.2, 0.25) is 0 Å². The molecule has 5 heteroatoms. The first kappa shape index (κ1) is 16.4. The molecule has 1 atom stereocenters. The Morgan fingerprint density at radius 2 is 2.10 bits per heavy atom. The first-order valence-corrected chi connectivity index (χ1v) is 6.99. The van der Waals surface area contributed by atoms with Crippen molar-refractivity contribution >= 4 is 6.09 Å². The lowest BCUT2D eigenvalue weighted by molar-refractivity contribution is 0.0142. The van der Waals surface area contributed by atoms with E-state index in [0.29, 0.717) is 6.54 Å². The van der Waals surface area contributed by atoms with E-state index < -0.39 is 5.60 Å². The molecule has 0 aromatic carbocycles. The average molecular weight is 279 g/mol. The number of likely N-dealkylation sites (tertiary alicyclic amines) is 1. The van der Waals surface area contributed by atoms with E-state index in [4.69, 9.17) is 4.74 Å². The molecule has 1 aliphatic rings. The molecule has 0 unspecified atom stereocenters. The Bertz CT molecular complexity index is 408. The lowest BCUT2D eigenvalue weighted by Crippen LogP contribution is -2.46. The second-order valence-electron chi connectivity index (χ2n) is 5.89. The van der Waals surface area contributed by atoms with Crippen molar-refractivity contribution in [2.75, 3.05) is 13.6 Å². The molecule has 1 aliphatic heterocycles. The van der Waals surface area contributed by atoms with Gasteiger partial charge >= 0.3 is 6.09 Å². The van der Waals surface area contributed by atoms with Gasteiger partial charge in [-0.05, 0) is 51.7 Å². The Morgan fingerprint density at radius 1 is 1.40 bits per heavy atom. The third-order valence-corrected chi connectivity index (χ3v) is 3.03. The number of rotatable bonds is 3. The molecule has 0 saturated carbocycles. The fourth-order valence-corrected chi connectivity index (χ4v) is 2.16. The zero-order valence-corrected chi connectivity index (χ0v) is 12.9. The second-order valence-corrected chi connectivity index (χ2v) is 5.89. The smallest absolute Gasteiger partial charge is 0.410 e. The van der Waals surface area contributed by atoms with Gasteiger partial charge in [0.1, 0.15) is 5.60 Å². The normalized spacial score (nSPS) is 20.6. The topological polar surface area (TPSA) is 54.3 Å². The molecule has 112 valence electrons. The highest BCUT2D eigenvalue weighted by atomic mass is 16.6. The van der Waals surface area contributed by atoms with E-state index in [2.05, 4.69) is 16.8 Å². The van der Waals surface area contributed by atoms with Gasteiger partial charge in [-0.25, -0.2) is 4.79 Å². The van der Waals surface area contributed by atoms with Crippen LogP contribution < -0.4 is 0 Å². The second kappa shape index (κ2) is 7.22. The van der Waals surface area contributed by atoms with Gasteiger partial charge < -0.3 is 9.64 Å². The van der Waals surface area contributed by atoms with Crippen molar-refractivity contribution in [1.29, 1.82) is 0 Å². The fraction of sp³-hybridized carbons (Fsp3) is 0.667. The molecule has 0 aliphatic carbocycles. The number of ether oxygens (including phenoxy) is 1. The molecule has 0 spiro atoms. The molecule has 0 radical (unpaired) electrons. The summed E-state index contributed by atoms with van der Waals surface area (Å²) < 4.78 is 5.46. The van der Waals surface area contributed by atoms with Gasteiger partial charge in [0, 0.05) is 19.8 Å². The standard InChI is InChI=1S/C15H25N3O2/c1-12(9-10-17-16-5)13-8-6-7-11-18(13)14(19)20-15(2,3)4/h9-10,13H,1,6-8,11H2,2-5H3/b10-9-,17-16-/t13-/m1/s1. The minimum atomic E-state index is -0.479. The van der Waals surface area contributed by atoms with E-state index in [1.807, 2.05) is 20.8 Å². The first-order chi connectivity index (χ1) is 9.35. The van der Waals surface area contributed by atoms with Crippen molar-refractivity contribution in [3.05, 3.63) is 24.4 Å². The van der Waals surface area contributed by atoms with E-state index in [0.717, 1.165) is 24.8 Å². The predicted octanol–water partition coefficient (Wildman–Crippen LogP) is 3.93. The summed E-state index contributed by atoms with van der Waals surface area (Å²) in [5.41, 5.74) is 0.384. The van der Waals surface area contributed by atoms with Crippen LogP contribution in [0.4, 0.5) is 4.79 Å². The summed E-state index contributed by atoms with van der Waals surface area (Å²) in [4.78, 5) is 14.0. The number of azo groups is 1. The zero-order chi connectivity index (χ0) is 15.2. The van der Waals surface area contributed by atoms with Crippen molar-refractivity contribution < 1.29 is 9.53 Å². The number of amides is 1. The number of carbonyl (C=O) groups excluding carboxylic acids is 1. The van der Waals surface area contributed by atoms with Crippen LogP contribution in [-0.4, -0.2) is 36.2 Å². The van der Waals surface area contributed by atoms with Crippen molar-refractivity contribution in [1.82, 2.24) is 4.90 Å². The molecular formula is C15H25N3O2. The molecule has 1 saturated heterocycles. The molecule has 0 bridgehead atoms. The highest BCUT2D eigenvalue weighted by Gasteiger charge is 2.31. The minimum Gasteiger partial charge on any atom is -0.444 e. The summed E-state index contributed by atoms with van der Waals surface area (Å²) in [5.74, 6) is 0. The highest BCUT2D eigenvalue weighted by molar-refractivity contribution is 5.69. The minimum absolute atomic E-state index is 0.0121. The van der Waals surface area contributed by atoms with Gasteiger partial charge in [-0.3, -0.25) is 0 Å². The Kier molecular flexibility index (Phi) is 5.92. The number of hydrogen-bond donors (Lipinski definition) is 0. The van der Waals surface area contributed by atoms with Crippen molar-refractivity contribution in [2.24, 2.45) is 10.2 Å².